The second kappa shape index (κ2) is 6.48. The summed E-state index contributed by atoms with van der Waals surface area (Å²) < 4.78 is 39.7. The lowest BCUT2D eigenvalue weighted by atomic mass is 9.91. The lowest BCUT2D eigenvalue weighted by Crippen LogP contribution is -2.22. The topological polar surface area (TPSA) is 46.2 Å². The molecule has 3 N–H and O–H groups in total. The van der Waals surface area contributed by atoms with Gasteiger partial charge in [0.25, 0.3) is 0 Å². The smallest absolute Gasteiger partial charge is 0.388 e. The first-order valence-electron chi connectivity index (χ1n) is 6.12. The van der Waals surface area contributed by atoms with Crippen molar-refractivity contribution in [1.29, 1.82) is 0 Å². The van der Waals surface area contributed by atoms with Gasteiger partial charge < -0.3 is 10.8 Å². The quantitative estimate of drug-likeness (QED) is 0.831. The summed E-state index contributed by atoms with van der Waals surface area (Å²) in [5.41, 5.74) is 4.64. The molecule has 0 radical (unpaired) electrons. The van der Waals surface area contributed by atoms with E-state index in [1.54, 1.807) is 17.5 Å². The van der Waals surface area contributed by atoms with E-state index in [1.807, 2.05) is 0 Å². The molecule has 0 aliphatic carbocycles. The Labute approximate surface area is 132 Å². The molecular formula is C14H13BrF3NOS. The number of halogens is 4. The van der Waals surface area contributed by atoms with E-state index >= 15 is 0 Å². The van der Waals surface area contributed by atoms with E-state index in [0.717, 1.165) is 10.9 Å². The van der Waals surface area contributed by atoms with Gasteiger partial charge in [-0.05, 0) is 29.1 Å². The molecule has 1 heterocycles. The van der Waals surface area contributed by atoms with Gasteiger partial charge in [0.15, 0.2) is 0 Å². The number of thiophene rings is 1. The van der Waals surface area contributed by atoms with Crippen molar-refractivity contribution in [1.82, 2.24) is 0 Å². The molecule has 21 heavy (non-hydrogen) atoms. The average molecular weight is 380 g/mol. The van der Waals surface area contributed by atoms with Crippen LogP contribution >= 0.6 is 27.3 Å². The fourth-order valence-corrected chi connectivity index (χ4v) is 3.38. The van der Waals surface area contributed by atoms with Gasteiger partial charge >= 0.3 is 6.18 Å². The molecule has 0 spiro atoms. The van der Waals surface area contributed by atoms with Crippen molar-refractivity contribution in [3.05, 3.63) is 56.2 Å². The second-order valence-corrected chi connectivity index (χ2v) is 6.43. The van der Waals surface area contributed by atoms with Crippen LogP contribution in [0.1, 0.15) is 28.0 Å². The standard InChI is InChI=1S/C14H13BrF3NOS/c15-8-3-4-9(11(6-8)14(16,17)18)13(20)10(7-19)12-2-1-5-21-12/h1-6,10,13,20H,7,19H2. The predicted octanol–water partition coefficient (Wildman–Crippen LogP) is 4.31. The van der Waals surface area contributed by atoms with Crippen LogP contribution in [0.3, 0.4) is 0 Å². The van der Waals surface area contributed by atoms with E-state index < -0.39 is 23.8 Å². The highest BCUT2D eigenvalue weighted by Crippen LogP contribution is 2.41. The zero-order valence-electron chi connectivity index (χ0n) is 10.8. The summed E-state index contributed by atoms with van der Waals surface area (Å²) >= 11 is 4.39. The van der Waals surface area contributed by atoms with Crippen molar-refractivity contribution in [2.45, 2.75) is 18.2 Å². The maximum absolute atomic E-state index is 13.1. The van der Waals surface area contributed by atoms with Crippen LogP contribution in [0.25, 0.3) is 0 Å². The van der Waals surface area contributed by atoms with Crippen molar-refractivity contribution < 1.29 is 18.3 Å². The van der Waals surface area contributed by atoms with Crippen molar-refractivity contribution >= 4 is 27.3 Å². The van der Waals surface area contributed by atoms with Crippen LogP contribution in [-0.4, -0.2) is 11.7 Å². The van der Waals surface area contributed by atoms with Gasteiger partial charge in [-0.3, -0.25) is 0 Å². The summed E-state index contributed by atoms with van der Waals surface area (Å²) in [7, 11) is 0. The highest BCUT2D eigenvalue weighted by Gasteiger charge is 2.37. The van der Waals surface area contributed by atoms with Crippen molar-refractivity contribution in [2.24, 2.45) is 5.73 Å². The molecular weight excluding hydrogens is 367 g/mol. The van der Waals surface area contributed by atoms with Crippen LogP contribution in [-0.2, 0) is 6.18 Å². The Morgan fingerprint density at radius 2 is 2.00 bits per heavy atom. The first kappa shape index (κ1) is 16.5. The molecule has 0 amide bonds. The summed E-state index contributed by atoms with van der Waals surface area (Å²) in [4.78, 5) is 0.765. The second-order valence-electron chi connectivity index (χ2n) is 4.53. The van der Waals surface area contributed by atoms with Gasteiger partial charge in [0.2, 0.25) is 0 Å². The van der Waals surface area contributed by atoms with Gasteiger partial charge in [-0.2, -0.15) is 13.2 Å². The lowest BCUT2D eigenvalue weighted by molar-refractivity contribution is -0.139. The molecule has 0 bridgehead atoms. The number of aliphatic hydroxyl groups excluding tert-OH is 1. The third-order valence-corrected chi connectivity index (χ3v) is 4.68. The van der Waals surface area contributed by atoms with Gasteiger partial charge in [0, 0.05) is 21.8 Å². The number of hydrogen-bond acceptors (Lipinski definition) is 3. The first-order chi connectivity index (χ1) is 9.84. The number of benzene rings is 1. The van der Waals surface area contributed by atoms with Crippen LogP contribution < -0.4 is 5.73 Å². The maximum atomic E-state index is 13.1. The Morgan fingerprint density at radius 3 is 2.52 bits per heavy atom. The van der Waals surface area contributed by atoms with Gasteiger partial charge in [-0.1, -0.05) is 28.1 Å². The molecule has 2 unspecified atom stereocenters. The van der Waals surface area contributed by atoms with Gasteiger partial charge in [-0.15, -0.1) is 11.3 Å². The average Bonchev–Trinajstić information content (AvgIpc) is 2.92. The fourth-order valence-electron chi connectivity index (χ4n) is 2.15. The monoisotopic (exact) mass is 379 g/mol. The highest BCUT2D eigenvalue weighted by molar-refractivity contribution is 9.10. The lowest BCUT2D eigenvalue weighted by Gasteiger charge is -2.24. The molecule has 7 heteroatoms. The summed E-state index contributed by atoms with van der Waals surface area (Å²) in [6.07, 6.45) is -5.84. The van der Waals surface area contributed by atoms with Crippen molar-refractivity contribution in [3.63, 3.8) is 0 Å². The van der Waals surface area contributed by atoms with Crippen LogP contribution in [0, 0.1) is 0 Å². The van der Waals surface area contributed by atoms with Crippen LogP contribution in [0.4, 0.5) is 13.2 Å². The summed E-state index contributed by atoms with van der Waals surface area (Å²) in [5.74, 6) is -0.563. The van der Waals surface area contributed by atoms with Crippen LogP contribution in [0.2, 0.25) is 0 Å². The Morgan fingerprint density at radius 1 is 1.29 bits per heavy atom. The van der Waals surface area contributed by atoms with E-state index in [-0.39, 0.29) is 12.1 Å². The van der Waals surface area contributed by atoms with E-state index in [1.165, 1.54) is 23.5 Å². The third-order valence-electron chi connectivity index (χ3n) is 3.18. The predicted molar refractivity (Wildman–Crippen MR) is 80.2 cm³/mol. The normalized spacial score (nSPS) is 15.0. The molecule has 0 fully saturated rings. The number of aliphatic hydroxyl groups is 1. The molecule has 0 saturated heterocycles. The molecule has 2 atom stereocenters. The Hall–Kier alpha value is -0.890. The summed E-state index contributed by atoms with van der Waals surface area (Å²) in [6.45, 7) is 0.0645. The molecule has 1 aromatic carbocycles. The van der Waals surface area contributed by atoms with Gasteiger partial charge in [-0.25, -0.2) is 0 Å². The summed E-state index contributed by atoms with van der Waals surface area (Å²) in [6, 6.07) is 7.28. The Balaban J connectivity index is 2.45. The van der Waals surface area contributed by atoms with Gasteiger partial charge in [0.1, 0.15) is 0 Å². The zero-order chi connectivity index (χ0) is 15.6. The number of nitrogens with two attached hydrogens (primary N) is 1. The molecule has 114 valence electrons. The van der Waals surface area contributed by atoms with Crippen LogP contribution in [0.15, 0.2) is 40.2 Å². The Kier molecular flexibility index (Phi) is 5.08. The molecule has 2 nitrogen and oxygen atoms in total. The van der Waals surface area contributed by atoms with Crippen molar-refractivity contribution in [2.75, 3.05) is 6.54 Å². The summed E-state index contributed by atoms with van der Waals surface area (Å²) in [5, 5.41) is 12.2. The van der Waals surface area contributed by atoms with E-state index in [9.17, 15) is 18.3 Å². The minimum absolute atomic E-state index is 0.0645. The molecule has 2 rings (SSSR count). The largest absolute Gasteiger partial charge is 0.416 e. The molecule has 0 aliphatic rings. The number of rotatable bonds is 4. The zero-order valence-corrected chi connectivity index (χ0v) is 13.2. The van der Waals surface area contributed by atoms with Crippen molar-refractivity contribution in [3.8, 4) is 0 Å². The number of alkyl halides is 3. The van der Waals surface area contributed by atoms with Gasteiger partial charge in [0.05, 0.1) is 11.7 Å². The van der Waals surface area contributed by atoms with Crippen LogP contribution in [0.5, 0.6) is 0 Å². The third kappa shape index (κ3) is 3.66. The van der Waals surface area contributed by atoms with E-state index in [2.05, 4.69) is 15.9 Å². The van der Waals surface area contributed by atoms with E-state index in [0.29, 0.717) is 4.47 Å². The molecule has 2 aromatic rings. The van der Waals surface area contributed by atoms with E-state index in [4.69, 9.17) is 5.73 Å². The Bertz CT molecular complexity index is 601. The minimum atomic E-state index is -4.53. The SMILES string of the molecule is NCC(c1cccs1)C(O)c1ccc(Br)cc1C(F)(F)F. The molecule has 0 aliphatic heterocycles. The fraction of sp³-hybridized carbons (Fsp3) is 0.286. The highest BCUT2D eigenvalue weighted by atomic mass is 79.9. The number of hydrogen-bond donors (Lipinski definition) is 2. The molecule has 1 aromatic heterocycles. The molecule has 0 saturated carbocycles. The maximum Gasteiger partial charge on any atom is 0.416 e. The minimum Gasteiger partial charge on any atom is -0.388 e. The first-order valence-corrected chi connectivity index (χ1v) is 7.80.